The lowest BCUT2D eigenvalue weighted by molar-refractivity contribution is -0.110. The predicted octanol–water partition coefficient (Wildman–Crippen LogP) is 1.34. The van der Waals surface area contributed by atoms with Crippen molar-refractivity contribution in [1.82, 2.24) is 0 Å². The number of nitrogens with one attached hydrogen (secondary N) is 1. The molecule has 0 bridgehead atoms. The summed E-state index contributed by atoms with van der Waals surface area (Å²) in [6, 6.07) is 6.52. The van der Waals surface area contributed by atoms with E-state index in [1.54, 1.807) is 24.3 Å². The number of amides is 1. The third-order valence-corrected chi connectivity index (χ3v) is 2.11. The molecule has 0 aliphatic heterocycles. The van der Waals surface area contributed by atoms with Crippen molar-refractivity contribution >= 4 is 34.1 Å². The number of hydrogen-bond donors (Lipinski definition) is 2. The van der Waals surface area contributed by atoms with E-state index in [1.807, 2.05) is 0 Å². The van der Waals surface area contributed by atoms with Crippen LogP contribution in [0.5, 0.6) is 0 Å². The number of carbonyl (C=O) groups excluding carboxylic acids is 2. The van der Waals surface area contributed by atoms with Crippen LogP contribution >= 0.6 is 11.6 Å². The van der Waals surface area contributed by atoms with Crippen molar-refractivity contribution in [3.63, 3.8) is 0 Å². The van der Waals surface area contributed by atoms with Gasteiger partial charge in [-0.1, -0.05) is 23.7 Å². The lowest BCUT2D eigenvalue weighted by Gasteiger charge is -2.04. The number of benzene rings is 1. The third kappa shape index (κ3) is 3.06. The summed E-state index contributed by atoms with van der Waals surface area (Å²) in [5, 5.41) is 3.42. The van der Waals surface area contributed by atoms with E-state index in [0.717, 1.165) is 0 Å². The number of nitrogens with two attached hydrogens (primary N) is 1. The maximum atomic E-state index is 11.0. The van der Waals surface area contributed by atoms with Crippen molar-refractivity contribution in [2.75, 3.05) is 5.43 Å². The molecular formula is C10H10ClN3O2. The van der Waals surface area contributed by atoms with Gasteiger partial charge in [0.1, 0.15) is 0 Å². The van der Waals surface area contributed by atoms with Crippen molar-refractivity contribution in [1.29, 1.82) is 0 Å². The van der Waals surface area contributed by atoms with Gasteiger partial charge in [0, 0.05) is 6.92 Å². The van der Waals surface area contributed by atoms with Gasteiger partial charge in [-0.05, 0) is 12.1 Å². The summed E-state index contributed by atoms with van der Waals surface area (Å²) in [6.45, 7) is 1.29. The van der Waals surface area contributed by atoms with Gasteiger partial charge >= 0.3 is 0 Å². The lowest BCUT2D eigenvalue weighted by atomic mass is 10.2. The van der Waals surface area contributed by atoms with E-state index >= 15 is 0 Å². The molecule has 3 N–H and O–H groups in total. The van der Waals surface area contributed by atoms with Gasteiger partial charge in [0.2, 0.25) is 0 Å². The fraction of sp³-hybridized carbons (Fsp3) is 0.100. The Morgan fingerprint density at radius 3 is 2.56 bits per heavy atom. The molecule has 0 saturated heterocycles. The first kappa shape index (κ1) is 12.2. The maximum absolute atomic E-state index is 11.0. The fourth-order valence-electron chi connectivity index (χ4n) is 0.984. The second-order valence-corrected chi connectivity index (χ2v) is 3.34. The van der Waals surface area contributed by atoms with Crippen molar-refractivity contribution in [3.8, 4) is 0 Å². The number of hydrogen-bond acceptors (Lipinski definition) is 4. The summed E-state index contributed by atoms with van der Waals surface area (Å²) in [4.78, 5) is 21.8. The van der Waals surface area contributed by atoms with Gasteiger partial charge < -0.3 is 5.73 Å². The normalized spacial score (nSPS) is 11.0. The molecular weight excluding hydrogens is 230 g/mol. The molecule has 0 aromatic heterocycles. The van der Waals surface area contributed by atoms with Crippen LogP contribution in [0.1, 0.15) is 17.3 Å². The van der Waals surface area contributed by atoms with Gasteiger partial charge in [0.05, 0.1) is 11.3 Å². The molecule has 0 heterocycles. The predicted molar refractivity (Wildman–Crippen MR) is 62.6 cm³/mol. The average molecular weight is 240 g/mol. The Morgan fingerprint density at radius 2 is 2.00 bits per heavy atom. The first-order chi connectivity index (χ1) is 7.52. The highest BCUT2D eigenvalue weighted by atomic mass is 35.5. The van der Waals surface area contributed by atoms with Crippen LogP contribution in [0.25, 0.3) is 0 Å². The van der Waals surface area contributed by atoms with Crippen LogP contribution in [0.3, 0.4) is 0 Å². The van der Waals surface area contributed by atoms with Crippen LogP contribution in [-0.4, -0.2) is 16.9 Å². The minimum absolute atomic E-state index is 0.195. The molecule has 0 unspecified atom stereocenters. The zero-order valence-corrected chi connectivity index (χ0v) is 9.28. The number of primary amides is 1. The molecule has 1 aromatic carbocycles. The minimum atomic E-state index is -0.586. The molecule has 0 fully saturated rings. The van der Waals surface area contributed by atoms with Gasteiger partial charge in [-0.15, -0.1) is 0 Å². The highest BCUT2D eigenvalue weighted by molar-refractivity contribution is 6.82. The molecule has 16 heavy (non-hydrogen) atoms. The minimum Gasteiger partial charge on any atom is -0.366 e. The van der Waals surface area contributed by atoms with Crippen LogP contribution in [-0.2, 0) is 4.79 Å². The van der Waals surface area contributed by atoms with E-state index in [-0.39, 0.29) is 16.5 Å². The van der Waals surface area contributed by atoms with E-state index in [0.29, 0.717) is 5.69 Å². The van der Waals surface area contributed by atoms with E-state index in [1.165, 1.54) is 6.92 Å². The van der Waals surface area contributed by atoms with Gasteiger partial charge in [-0.3, -0.25) is 15.0 Å². The molecule has 0 radical (unpaired) electrons. The van der Waals surface area contributed by atoms with Crippen molar-refractivity contribution in [2.45, 2.75) is 6.92 Å². The van der Waals surface area contributed by atoms with Crippen LogP contribution < -0.4 is 11.2 Å². The van der Waals surface area contributed by atoms with Crippen molar-refractivity contribution < 1.29 is 9.59 Å². The summed E-state index contributed by atoms with van der Waals surface area (Å²) < 4.78 is 0. The largest absolute Gasteiger partial charge is 0.366 e. The van der Waals surface area contributed by atoms with Gasteiger partial charge in [-0.2, -0.15) is 5.10 Å². The topological polar surface area (TPSA) is 84.6 Å². The van der Waals surface area contributed by atoms with Crippen LogP contribution in [0.4, 0.5) is 5.69 Å². The van der Waals surface area contributed by atoms with E-state index < -0.39 is 5.91 Å². The first-order valence-corrected chi connectivity index (χ1v) is 4.79. The Hall–Kier alpha value is -1.88. The number of Topliss-reactive ketones (excluding diaryl/α,β-unsaturated/α-hetero) is 1. The maximum Gasteiger partial charge on any atom is 0.250 e. The Morgan fingerprint density at radius 1 is 1.38 bits per heavy atom. The van der Waals surface area contributed by atoms with Crippen molar-refractivity contribution in [3.05, 3.63) is 29.8 Å². The molecule has 1 aromatic rings. The second kappa shape index (κ2) is 5.27. The molecule has 0 spiro atoms. The number of ketones is 1. The number of anilines is 1. The Balaban J connectivity index is 2.94. The molecule has 1 amide bonds. The first-order valence-electron chi connectivity index (χ1n) is 4.41. The number of para-hydroxylation sites is 1. The van der Waals surface area contributed by atoms with Gasteiger partial charge in [0.25, 0.3) is 5.91 Å². The molecule has 84 valence electrons. The Labute approximate surface area is 97.3 Å². The SMILES string of the molecule is CC(=O)C(Cl)=NNc1ccccc1C(N)=O. The molecule has 1 rings (SSSR count). The molecule has 0 saturated carbocycles. The zero-order valence-electron chi connectivity index (χ0n) is 8.53. The van der Waals surface area contributed by atoms with Crippen LogP contribution in [0.15, 0.2) is 29.4 Å². The number of nitrogens with zero attached hydrogens (tertiary/aromatic N) is 1. The monoisotopic (exact) mass is 239 g/mol. The van der Waals surface area contributed by atoms with Gasteiger partial charge in [0.15, 0.2) is 11.0 Å². The molecule has 6 heteroatoms. The van der Waals surface area contributed by atoms with Crippen LogP contribution in [0.2, 0.25) is 0 Å². The molecule has 0 aliphatic rings. The summed E-state index contributed by atoms with van der Waals surface area (Å²) >= 11 is 5.52. The second-order valence-electron chi connectivity index (χ2n) is 2.98. The Bertz CT molecular complexity index is 457. The summed E-state index contributed by atoms with van der Waals surface area (Å²) in [6.07, 6.45) is 0. The number of carbonyl (C=O) groups is 2. The lowest BCUT2D eigenvalue weighted by Crippen LogP contribution is -2.13. The van der Waals surface area contributed by atoms with Crippen molar-refractivity contribution in [2.24, 2.45) is 10.8 Å². The highest BCUT2D eigenvalue weighted by Crippen LogP contribution is 2.14. The number of hydrazone groups is 1. The molecule has 5 nitrogen and oxygen atoms in total. The summed E-state index contributed by atoms with van der Waals surface area (Å²) in [5.74, 6) is -0.956. The number of halogens is 1. The van der Waals surface area contributed by atoms with E-state index in [4.69, 9.17) is 17.3 Å². The number of rotatable bonds is 4. The molecule has 0 atom stereocenters. The molecule has 0 aliphatic carbocycles. The summed E-state index contributed by atoms with van der Waals surface area (Å²) in [7, 11) is 0. The standard InChI is InChI=1S/C10H10ClN3O2/c1-6(15)9(11)14-13-8-5-3-2-4-7(8)10(12)16/h2-5,13H,1H3,(H2,12,16). The fourth-order valence-corrected chi connectivity index (χ4v) is 1.03. The highest BCUT2D eigenvalue weighted by Gasteiger charge is 2.07. The van der Waals surface area contributed by atoms with Crippen LogP contribution in [0, 0.1) is 0 Å². The average Bonchev–Trinajstić information content (AvgIpc) is 2.25. The van der Waals surface area contributed by atoms with E-state index in [9.17, 15) is 9.59 Å². The summed E-state index contributed by atoms with van der Waals surface area (Å²) in [5.41, 5.74) is 8.34. The van der Waals surface area contributed by atoms with E-state index in [2.05, 4.69) is 10.5 Å². The third-order valence-electron chi connectivity index (χ3n) is 1.76. The quantitative estimate of drug-likeness (QED) is 0.614. The zero-order chi connectivity index (χ0) is 12.1. The smallest absolute Gasteiger partial charge is 0.250 e. The Kier molecular flexibility index (Phi) is 4.02. The van der Waals surface area contributed by atoms with Gasteiger partial charge in [-0.25, -0.2) is 0 Å².